The van der Waals surface area contributed by atoms with Crippen molar-refractivity contribution >= 4 is 55.3 Å². The van der Waals surface area contributed by atoms with Gasteiger partial charge in [0.25, 0.3) is 0 Å². The summed E-state index contributed by atoms with van der Waals surface area (Å²) in [5.74, 6) is 1.04. The predicted molar refractivity (Wildman–Crippen MR) is 247 cm³/mol. The second kappa shape index (κ2) is 13.6. The van der Waals surface area contributed by atoms with Crippen molar-refractivity contribution in [1.82, 2.24) is 9.13 Å². The minimum absolute atomic E-state index is 0.168. The van der Waals surface area contributed by atoms with E-state index in [0.29, 0.717) is 18.2 Å². The minimum atomic E-state index is -0.168. The van der Waals surface area contributed by atoms with Crippen LogP contribution in [0.25, 0.3) is 66.1 Å². The van der Waals surface area contributed by atoms with Crippen LogP contribution >= 0.6 is 0 Å². The largest absolute Gasteiger partial charge is 0.383 e. The maximum atomic E-state index is 7.10. The van der Waals surface area contributed by atoms with Gasteiger partial charge in [-0.2, -0.15) is 0 Å². The van der Waals surface area contributed by atoms with E-state index in [-0.39, 0.29) is 5.41 Å². The Morgan fingerprint density at radius 3 is 1.73 bits per heavy atom. The molecule has 0 unspecified atom stereocenters. The molecule has 8 aromatic carbocycles. The SMILES string of the molecule is CC1(C)c2ccccc2-c2c(C(N=C(N)c3ccc4c(c3)c3ccccc3n4-c3ccccc3)=NCc3ccc4c(c3)c3ccccc3n4-c3ccccc3)cccc21. The van der Waals surface area contributed by atoms with E-state index >= 15 is 0 Å². The molecule has 0 saturated heterocycles. The van der Waals surface area contributed by atoms with Gasteiger partial charge >= 0.3 is 0 Å². The molecular formula is C54H41N5. The van der Waals surface area contributed by atoms with Crippen molar-refractivity contribution < 1.29 is 0 Å². The highest BCUT2D eigenvalue weighted by molar-refractivity contribution is 6.17. The van der Waals surface area contributed by atoms with E-state index in [9.17, 15) is 0 Å². The standard InChI is InChI=1S/C54H41N5/c1-54(2)45-24-12-9-22-41(45)51-42(23-15-25-46(51)54)53(56-34-35-28-30-49-43(32-35)39-20-10-13-26-47(39)58(49)37-16-5-3-6-17-37)57-52(55)36-29-31-50-44(33-36)40-21-11-14-27-48(40)59(50)38-18-7-4-8-19-38/h3-33H,34H2,1-2H3,(H2,55,56,57). The minimum Gasteiger partial charge on any atom is -0.383 e. The predicted octanol–water partition coefficient (Wildman–Crippen LogP) is 12.5. The number of nitrogens with two attached hydrogens (primary N) is 1. The Kier molecular flexibility index (Phi) is 7.99. The number of fused-ring (bicyclic) bond motifs is 9. The fraction of sp³-hybridized carbons (Fsp3) is 0.0741. The number of aliphatic imine (C=N–C) groups is 2. The Bertz CT molecular complexity index is 3330. The van der Waals surface area contributed by atoms with Crippen LogP contribution in [-0.2, 0) is 12.0 Å². The number of nitrogens with zero attached hydrogens (tertiary/aromatic N) is 4. The fourth-order valence-electron chi connectivity index (χ4n) is 9.43. The van der Waals surface area contributed by atoms with E-state index in [0.717, 1.165) is 50.0 Å². The first kappa shape index (κ1) is 34.7. The highest BCUT2D eigenvalue weighted by Crippen LogP contribution is 2.50. The fourth-order valence-corrected chi connectivity index (χ4v) is 9.43. The molecular weight excluding hydrogens is 719 g/mol. The van der Waals surface area contributed by atoms with Gasteiger partial charge in [0, 0.05) is 49.5 Å². The van der Waals surface area contributed by atoms with E-state index in [2.05, 4.69) is 211 Å². The number of hydrogen-bond acceptors (Lipinski definition) is 1. The zero-order chi connectivity index (χ0) is 39.7. The van der Waals surface area contributed by atoms with Gasteiger partial charge in [-0.25, -0.2) is 4.99 Å². The van der Waals surface area contributed by atoms with Gasteiger partial charge in [-0.05, 0) is 94.5 Å². The Morgan fingerprint density at radius 1 is 0.508 bits per heavy atom. The van der Waals surface area contributed by atoms with Gasteiger partial charge in [0.05, 0.1) is 28.6 Å². The van der Waals surface area contributed by atoms with Crippen LogP contribution < -0.4 is 5.73 Å². The molecule has 0 amide bonds. The van der Waals surface area contributed by atoms with Gasteiger partial charge < -0.3 is 14.9 Å². The molecule has 0 bridgehead atoms. The lowest BCUT2D eigenvalue weighted by molar-refractivity contribution is 0.660. The molecule has 0 atom stereocenters. The van der Waals surface area contributed by atoms with Crippen LogP contribution in [0, 0.1) is 0 Å². The van der Waals surface area contributed by atoms with Crippen molar-refractivity contribution in [1.29, 1.82) is 0 Å². The number of aromatic nitrogens is 2. The molecule has 10 aromatic rings. The zero-order valence-corrected chi connectivity index (χ0v) is 33.0. The van der Waals surface area contributed by atoms with Crippen LogP contribution in [0.5, 0.6) is 0 Å². The molecule has 0 spiro atoms. The summed E-state index contributed by atoms with van der Waals surface area (Å²) in [5, 5.41) is 4.70. The lowest BCUT2D eigenvalue weighted by atomic mass is 9.82. The average molecular weight is 760 g/mol. The molecule has 2 heterocycles. The summed E-state index contributed by atoms with van der Waals surface area (Å²) in [4.78, 5) is 10.6. The first-order chi connectivity index (χ1) is 29.0. The Balaban J connectivity index is 1.07. The summed E-state index contributed by atoms with van der Waals surface area (Å²) in [6.07, 6.45) is 0. The molecule has 0 fully saturated rings. The second-order valence-corrected chi connectivity index (χ2v) is 16.0. The molecule has 1 aliphatic rings. The zero-order valence-electron chi connectivity index (χ0n) is 33.0. The smallest absolute Gasteiger partial charge is 0.157 e. The van der Waals surface area contributed by atoms with Crippen molar-refractivity contribution in [2.45, 2.75) is 25.8 Å². The molecule has 59 heavy (non-hydrogen) atoms. The molecule has 0 aliphatic heterocycles. The molecule has 5 nitrogen and oxygen atoms in total. The first-order valence-corrected chi connectivity index (χ1v) is 20.2. The molecule has 11 rings (SSSR count). The van der Waals surface area contributed by atoms with Crippen LogP contribution in [0.15, 0.2) is 198 Å². The molecule has 0 saturated carbocycles. The Hall–Kier alpha value is -7.50. The first-order valence-electron chi connectivity index (χ1n) is 20.2. The average Bonchev–Trinajstić information content (AvgIpc) is 3.88. The van der Waals surface area contributed by atoms with E-state index in [1.807, 2.05) is 0 Å². The summed E-state index contributed by atoms with van der Waals surface area (Å²) in [5.41, 5.74) is 21.7. The van der Waals surface area contributed by atoms with Crippen molar-refractivity contribution in [3.05, 3.63) is 216 Å². The maximum Gasteiger partial charge on any atom is 0.157 e. The molecule has 1 aliphatic carbocycles. The van der Waals surface area contributed by atoms with Crippen LogP contribution in [0.1, 0.15) is 41.7 Å². The second-order valence-electron chi connectivity index (χ2n) is 16.0. The van der Waals surface area contributed by atoms with Gasteiger partial charge in [0.1, 0.15) is 5.84 Å². The summed E-state index contributed by atoms with van der Waals surface area (Å²) < 4.78 is 4.66. The van der Waals surface area contributed by atoms with Crippen LogP contribution in [0.4, 0.5) is 0 Å². The van der Waals surface area contributed by atoms with Crippen molar-refractivity contribution in [2.75, 3.05) is 0 Å². The lowest BCUT2D eigenvalue weighted by Crippen LogP contribution is -2.17. The monoisotopic (exact) mass is 759 g/mol. The van der Waals surface area contributed by atoms with E-state index in [1.54, 1.807) is 0 Å². The van der Waals surface area contributed by atoms with Crippen molar-refractivity contribution in [2.24, 2.45) is 15.7 Å². The molecule has 5 heteroatoms. The van der Waals surface area contributed by atoms with Gasteiger partial charge in [-0.1, -0.05) is 135 Å². The van der Waals surface area contributed by atoms with E-state index in [1.165, 1.54) is 43.9 Å². The molecule has 0 radical (unpaired) electrons. The number of hydrogen-bond donors (Lipinski definition) is 1. The van der Waals surface area contributed by atoms with Crippen LogP contribution in [0.2, 0.25) is 0 Å². The summed E-state index contributed by atoms with van der Waals surface area (Å²) >= 11 is 0. The highest BCUT2D eigenvalue weighted by atomic mass is 15.0. The Labute approximate surface area is 343 Å². The topological polar surface area (TPSA) is 60.6 Å². The Morgan fingerprint density at radius 2 is 1.05 bits per heavy atom. The van der Waals surface area contributed by atoms with Gasteiger partial charge in [-0.15, -0.1) is 0 Å². The normalized spacial score (nSPS) is 13.7. The summed E-state index contributed by atoms with van der Waals surface area (Å²) in [7, 11) is 0. The van der Waals surface area contributed by atoms with Crippen molar-refractivity contribution in [3.8, 4) is 22.5 Å². The third kappa shape index (κ3) is 5.53. The van der Waals surface area contributed by atoms with E-state index in [4.69, 9.17) is 15.7 Å². The number of benzene rings is 8. The molecule has 2 aromatic heterocycles. The third-order valence-electron chi connectivity index (χ3n) is 12.2. The van der Waals surface area contributed by atoms with Gasteiger partial charge in [0.15, 0.2) is 5.84 Å². The van der Waals surface area contributed by atoms with Gasteiger partial charge in [-0.3, -0.25) is 4.99 Å². The highest BCUT2D eigenvalue weighted by Gasteiger charge is 2.37. The van der Waals surface area contributed by atoms with E-state index < -0.39 is 0 Å². The van der Waals surface area contributed by atoms with Crippen LogP contribution in [0.3, 0.4) is 0 Å². The lowest BCUT2D eigenvalue weighted by Gasteiger charge is -2.21. The summed E-state index contributed by atoms with van der Waals surface area (Å²) in [6.45, 7) is 5.04. The third-order valence-corrected chi connectivity index (χ3v) is 12.2. The van der Waals surface area contributed by atoms with Crippen molar-refractivity contribution in [3.63, 3.8) is 0 Å². The number of rotatable bonds is 6. The van der Waals surface area contributed by atoms with Crippen LogP contribution in [-0.4, -0.2) is 20.8 Å². The quantitative estimate of drug-likeness (QED) is 0.133. The summed E-state index contributed by atoms with van der Waals surface area (Å²) in [6, 6.07) is 66.6. The number of para-hydroxylation sites is 4. The molecule has 282 valence electrons. The maximum absolute atomic E-state index is 7.10. The molecule has 2 N–H and O–H groups in total. The van der Waals surface area contributed by atoms with Gasteiger partial charge in [0.2, 0.25) is 0 Å². The number of amidine groups is 2.